The quantitative estimate of drug-likeness (QED) is 0.266. The van der Waals surface area contributed by atoms with Crippen molar-refractivity contribution in [1.29, 1.82) is 0 Å². The van der Waals surface area contributed by atoms with Gasteiger partial charge in [0.15, 0.2) is 5.78 Å². The fourth-order valence-corrected chi connectivity index (χ4v) is 5.40. The molecule has 0 atom stereocenters. The summed E-state index contributed by atoms with van der Waals surface area (Å²) in [7, 11) is 0. The Bertz CT molecular complexity index is 1540. The number of amides is 1. The number of nitrogens with zero attached hydrogens (tertiary/aromatic N) is 4. The van der Waals surface area contributed by atoms with E-state index in [9.17, 15) is 19.2 Å². The van der Waals surface area contributed by atoms with Gasteiger partial charge in [-0.3, -0.25) is 23.9 Å². The van der Waals surface area contributed by atoms with E-state index in [0.29, 0.717) is 53.2 Å². The van der Waals surface area contributed by atoms with Gasteiger partial charge in [-0.2, -0.15) is 0 Å². The van der Waals surface area contributed by atoms with Crippen molar-refractivity contribution in [3.8, 4) is 0 Å². The molecule has 5 rings (SSSR count). The molecule has 0 unspecified atom stereocenters. The molecular formula is C28H26N4O5S. The van der Waals surface area contributed by atoms with Crippen LogP contribution in [-0.2, 0) is 11.3 Å². The van der Waals surface area contributed by atoms with Crippen molar-refractivity contribution < 1.29 is 19.1 Å². The van der Waals surface area contributed by atoms with Crippen LogP contribution in [0.25, 0.3) is 10.9 Å². The summed E-state index contributed by atoms with van der Waals surface area (Å²) in [6.45, 7) is 3.22. The monoisotopic (exact) mass is 530 g/mol. The second kappa shape index (κ2) is 11.0. The number of benzene rings is 1. The van der Waals surface area contributed by atoms with Crippen LogP contribution in [-0.4, -0.2) is 64.9 Å². The second-order valence-electron chi connectivity index (χ2n) is 8.77. The first kappa shape index (κ1) is 25.3. The summed E-state index contributed by atoms with van der Waals surface area (Å²) in [5.41, 5.74) is 0.650. The predicted octanol–water partition coefficient (Wildman–Crippen LogP) is 3.48. The van der Waals surface area contributed by atoms with Gasteiger partial charge >= 0.3 is 5.97 Å². The first-order valence-electron chi connectivity index (χ1n) is 12.3. The number of hydrogen-bond acceptors (Lipinski definition) is 8. The topological polar surface area (TPSA) is 102 Å². The molecule has 1 aromatic carbocycles. The number of piperazine rings is 1. The maximum Gasteiger partial charge on any atom is 0.345 e. The van der Waals surface area contributed by atoms with Gasteiger partial charge in [-0.1, -0.05) is 36.4 Å². The van der Waals surface area contributed by atoms with Crippen LogP contribution < -0.4 is 10.5 Å². The summed E-state index contributed by atoms with van der Waals surface area (Å²) in [4.78, 5) is 61.6. The average Bonchev–Trinajstić information content (AvgIpc) is 3.49. The van der Waals surface area contributed by atoms with Crippen LogP contribution in [0.15, 0.2) is 71.1 Å². The fourth-order valence-electron chi connectivity index (χ4n) is 4.71. The summed E-state index contributed by atoms with van der Waals surface area (Å²) >= 11 is 1.40. The van der Waals surface area contributed by atoms with Crippen LogP contribution >= 0.6 is 11.3 Å². The molecule has 4 aromatic rings. The number of ketones is 1. The van der Waals surface area contributed by atoms with Crippen molar-refractivity contribution in [3.05, 3.63) is 92.7 Å². The highest BCUT2D eigenvalue weighted by molar-refractivity contribution is 7.12. The Balaban J connectivity index is 1.56. The molecule has 194 valence electrons. The molecule has 38 heavy (non-hydrogen) atoms. The average molecular weight is 531 g/mol. The van der Waals surface area contributed by atoms with Crippen molar-refractivity contribution in [1.82, 2.24) is 14.5 Å². The number of fused-ring (bicyclic) bond motifs is 1. The van der Waals surface area contributed by atoms with Crippen LogP contribution in [0.2, 0.25) is 0 Å². The molecule has 3 aromatic heterocycles. The van der Waals surface area contributed by atoms with Crippen molar-refractivity contribution in [3.63, 3.8) is 0 Å². The van der Waals surface area contributed by atoms with Gasteiger partial charge in [-0.15, -0.1) is 11.3 Å². The Morgan fingerprint density at radius 3 is 2.45 bits per heavy atom. The van der Waals surface area contributed by atoms with E-state index in [1.54, 1.807) is 60.6 Å². The molecule has 1 aliphatic rings. The summed E-state index contributed by atoms with van der Waals surface area (Å²) in [5.74, 6) is -1.04. The normalized spacial score (nSPS) is 13.5. The molecule has 0 aliphatic carbocycles. The summed E-state index contributed by atoms with van der Waals surface area (Å²) in [5, 5.41) is 2.43. The number of aromatic nitrogens is 2. The number of thiophene rings is 1. The zero-order valence-electron chi connectivity index (χ0n) is 20.8. The first-order chi connectivity index (χ1) is 18.5. The molecule has 9 nitrogen and oxygen atoms in total. The molecular weight excluding hydrogens is 504 g/mol. The van der Waals surface area contributed by atoms with E-state index in [-0.39, 0.29) is 30.4 Å². The minimum absolute atomic E-state index is 0.0355. The molecule has 0 spiro atoms. The summed E-state index contributed by atoms with van der Waals surface area (Å²) < 4.78 is 6.61. The third-order valence-corrected chi connectivity index (χ3v) is 7.39. The number of ether oxygens (including phenoxy) is 1. The van der Waals surface area contributed by atoms with Crippen LogP contribution in [0.1, 0.15) is 37.3 Å². The molecule has 0 bridgehead atoms. The lowest BCUT2D eigenvalue weighted by atomic mass is 10.1. The lowest BCUT2D eigenvalue weighted by Crippen LogP contribution is -2.49. The van der Waals surface area contributed by atoms with Gasteiger partial charge in [-0.25, -0.2) is 4.79 Å². The Hall–Kier alpha value is -4.31. The molecule has 10 heteroatoms. The number of rotatable bonds is 7. The summed E-state index contributed by atoms with van der Waals surface area (Å²) in [6, 6.07) is 14.0. The molecule has 1 amide bonds. The van der Waals surface area contributed by atoms with Crippen LogP contribution in [0, 0.1) is 0 Å². The number of esters is 1. The van der Waals surface area contributed by atoms with Crippen molar-refractivity contribution in [2.24, 2.45) is 0 Å². The van der Waals surface area contributed by atoms with E-state index in [4.69, 9.17) is 4.74 Å². The van der Waals surface area contributed by atoms with E-state index in [1.807, 2.05) is 22.4 Å². The third kappa shape index (κ3) is 4.82. The van der Waals surface area contributed by atoms with Gasteiger partial charge in [-0.05, 0) is 24.4 Å². The van der Waals surface area contributed by atoms with Crippen molar-refractivity contribution in [2.45, 2.75) is 13.5 Å². The molecule has 4 heterocycles. The van der Waals surface area contributed by atoms with Crippen LogP contribution in [0.5, 0.6) is 0 Å². The van der Waals surface area contributed by atoms with E-state index in [1.165, 1.54) is 15.9 Å². The maximum atomic E-state index is 13.9. The van der Waals surface area contributed by atoms with Gasteiger partial charge in [0.05, 0.1) is 29.2 Å². The second-order valence-corrected chi connectivity index (χ2v) is 9.72. The lowest BCUT2D eigenvalue weighted by Gasteiger charge is -2.37. The highest BCUT2D eigenvalue weighted by Gasteiger charge is 2.31. The standard InChI is InChI=1S/C28H26N4O5S/c1-2-37-28(36)24-25(30-12-14-31(15-13-30)26(34)23-9-6-16-38-23)20-17-29-11-10-21(20)32(27(24)35)18-22(33)19-7-4-3-5-8-19/h3-11,16-17H,2,12-15,18H2,1H3. The molecule has 0 N–H and O–H groups in total. The van der Waals surface area contributed by atoms with E-state index in [2.05, 4.69) is 4.98 Å². The van der Waals surface area contributed by atoms with Crippen LogP contribution in [0.3, 0.4) is 0 Å². The van der Waals surface area contributed by atoms with Gasteiger partial charge in [0, 0.05) is 49.5 Å². The van der Waals surface area contributed by atoms with E-state index >= 15 is 0 Å². The number of carbonyl (C=O) groups excluding carboxylic acids is 3. The Kier molecular flexibility index (Phi) is 7.32. The number of carbonyl (C=O) groups is 3. The largest absolute Gasteiger partial charge is 0.462 e. The van der Waals surface area contributed by atoms with Gasteiger partial charge in [0.2, 0.25) is 0 Å². The van der Waals surface area contributed by atoms with Gasteiger partial charge in [0.1, 0.15) is 5.56 Å². The smallest absolute Gasteiger partial charge is 0.345 e. The third-order valence-electron chi connectivity index (χ3n) is 6.53. The highest BCUT2D eigenvalue weighted by atomic mass is 32.1. The predicted molar refractivity (Wildman–Crippen MR) is 145 cm³/mol. The van der Waals surface area contributed by atoms with Crippen LogP contribution in [0.4, 0.5) is 5.69 Å². The SMILES string of the molecule is CCOC(=O)c1c(N2CCN(C(=O)c3cccs3)CC2)c2cnccc2n(CC(=O)c2ccccc2)c1=O. The molecule has 1 aliphatic heterocycles. The van der Waals surface area contributed by atoms with Gasteiger partial charge < -0.3 is 14.5 Å². The molecule has 0 radical (unpaired) electrons. The maximum absolute atomic E-state index is 13.9. The first-order valence-corrected chi connectivity index (χ1v) is 13.2. The minimum atomic E-state index is -0.753. The summed E-state index contributed by atoms with van der Waals surface area (Å²) in [6.07, 6.45) is 3.15. The molecule has 0 saturated carbocycles. The Morgan fingerprint density at radius 1 is 1.00 bits per heavy atom. The highest BCUT2D eigenvalue weighted by Crippen LogP contribution is 2.30. The zero-order chi connectivity index (χ0) is 26.6. The van der Waals surface area contributed by atoms with Crippen molar-refractivity contribution in [2.75, 3.05) is 37.7 Å². The lowest BCUT2D eigenvalue weighted by molar-refractivity contribution is 0.0523. The zero-order valence-corrected chi connectivity index (χ0v) is 21.6. The van der Waals surface area contributed by atoms with Crippen molar-refractivity contribution >= 4 is 45.6 Å². The Morgan fingerprint density at radius 2 is 1.76 bits per heavy atom. The number of hydrogen-bond donors (Lipinski definition) is 0. The minimum Gasteiger partial charge on any atom is -0.462 e. The number of anilines is 1. The molecule has 1 saturated heterocycles. The Labute approximate surface area is 222 Å². The number of pyridine rings is 2. The molecule has 1 fully saturated rings. The van der Waals surface area contributed by atoms with E-state index in [0.717, 1.165) is 0 Å². The number of Topliss-reactive ketones (excluding diaryl/α,β-unsaturated/α-hetero) is 1. The van der Waals surface area contributed by atoms with E-state index < -0.39 is 11.5 Å². The van der Waals surface area contributed by atoms with Gasteiger partial charge in [0.25, 0.3) is 11.5 Å². The fraction of sp³-hybridized carbons (Fsp3) is 0.250.